The summed E-state index contributed by atoms with van der Waals surface area (Å²) in [5, 5.41) is 4.49. The summed E-state index contributed by atoms with van der Waals surface area (Å²) in [7, 11) is 0. The highest BCUT2D eigenvalue weighted by Gasteiger charge is 2.38. The molecule has 4 rings (SSSR count). The number of fused-ring (bicyclic) bond motifs is 1. The van der Waals surface area contributed by atoms with E-state index in [-0.39, 0.29) is 11.4 Å². The van der Waals surface area contributed by atoms with Crippen LogP contribution in [0.3, 0.4) is 0 Å². The van der Waals surface area contributed by atoms with Crippen LogP contribution in [-0.2, 0) is 16.0 Å². The minimum absolute atomic E-state index is 0.137. The first-order valence-corrected chi connectivity index (χ1v) is 10.4. The number of benzene rings is 1. The average molecular weight is 370 g/mol. The zero-order valence-corrected chi connectivity index (χ0v) is 16.1. The predicted molar refractivity (Wildman–Crippen MR) is 108 cm³/mol. The molecule has 0 bridgehead atoms. The Balaban J connectivity index is 1.34. The monoisotopic (exact) mass is 369 g/mol. The van der Waals surface area contributed by atoms with Crippen LogP contribution in [0.25, 0.3) is 10.9 Å². The maximum atomic E-state index is 12.6. The Morgan fingerprint density at radius 3 is 2.74 bits per heavy atom. The molecule has 0 unspecified atom stereocenters. The van der Waals surface area contributed by atoms with Crippen LogP contribution >= 0.6 is 0 Å². The number of morpholine rings is 1. The third kappa shape index (κ3) is 4.19. The molecule has 0 radical (unpaired) electrons. The second-order valence-electron chi connectivity index (χ2n) is 8.02. The van der Waals surface area contributed by atoms with Gasteiger partial charge in [0.2, 0.25) is 5.91 Å². The molecule has 1 saturated heterocycles. The van der Waals surface area contributed by atoms with Gasteiger partial charge in [0.15, 0.2) is 0 Å². The first-order valence-electron chi connectivity index (χ1n) is 10.4. The number of aromatic amines is 1. The van der Waals surface area contributed by atoms with Crippen LogP contribution in [0.15, 0.2) is 30.5 Å². The molecule has 1 aliphatic heterocycles. The zero-order chi connectivity index (χ0) is 18.5. The van der Waals surface area contributed by atoms with Crippen molar-refractivity contribution in [3.63, 3.8) is 0 Å². The third-order valence-electron chi connectivity index (χ3n) is 6.38. The Kier molecular flexibility index (Phi) is 5.79. The van der Waals surface area contributed by atoms with Crippen molar-refractivity contribution < 1.29 is 9.53 Å². The van der Waals surface area contributed by atoms with E-state index in [1.807, 2.05) is 12.3 Å². The highest BCUT2D eigenvalue weighted by atomic mass is 16.5. The van der Waals surface area contributed by atoms with E-state index in [0.29, 0.717) is 6.42 Å². The van der Waals surface area contributed by atoms with Gasteiger partial charge in [0.1, 0.15) is 0 Å². The van der Waals surface area contributed by atoms with Gasteiger partial charge in [-0.05, 0) is 30.9 Å². The number of para-hydroxylation sites is 1. The molecule has 0 atom stereocenters. The number of H-pyrrole nitrogens is 1. The lowest BCUT2D eigenvalue weighted by Crippen LogP contribution is -2.59. The van der Waals surface area contributed by atoms with Gasteiger partial charge in [-0.15, -0.1) is 0 Å². The van der Waals surface area contributed by atoms with Gasteiger partial charge in [-0.25, -0.2) is 0 Å². The molecule has 5 heteroatoms. The van der Waals surface area contributed by atoms with Gasteiger partial charge in [-0.1, -0.05) is 37.5 Å². The van der Waals surface area contributed by atoms with E-state index in [9.17, 15) is 4.79 Å². The number of ether oxygens (including phenoxy) is 1. The number of nitrogens with zero attached hydrogens (tertiary/aromatic N) is 1. The van der Waals surface area contributed by atoms with Crippen molar-refractivity contribution in [1.82, 2.24) is 15.2 Å². The van der Waals surface area contributed by atoms with Crippen LogP contribution in [0.4, 0.5) is 0 Å². The number of aromatic nitrogens is 1. The van der Waals surface area contributed by atoms with E-state index in [4.69, 9.17) is 4.74 Å². The van der Waals surface area contributed by atoms with Crippen molar-refractivity contribution in [1.29, 1.82) is 0 Å². The van der Waals surface area contributed by atoms with Gasteiger partial charge in [-0.3, -0.25) is 9.69 Å². The molecule has 0 spiro atoms. The topological polar surface area (TPSA) is 57.4 Å². The Labute approximate surface area is 161 Å². The number of amides is 1. The lowest BCUT2D eigenvalue weighted by Gasteiger charge is -2.48. The van der Waals surface area contributed by atoms with Gasteiger partial charge in [0.05, 0.1) is 13.2 Å². The fourth-order valence-corrected chi connectivity index (χ4v) is 4.79. The molecule has 27 heavy (non-hydrogen) atoms. The molecular formula is C22H31N3O2. The lowest BCUT2D eigenvalue weighted by atomic mass is 9.79. The Morgan fingerprint density at radius 1 is 1.15 bits per heavy atom. The highest BCUT2D eigenvalue weighted by molar-refractivity contribution is 5.84. The number of carbonyl (C=O) groups is 1. The van der Waals surface area contributed by atoms with E-state index in [1.165, 1.54) is 43.1 Å². The van der Waals surface area contributed by atoms with E-state index in [2.05, 4.69) is 33.4 Å². The van der Waals surface area contributed by atoms with Gasteiger partial charge >= 0.3 is 0 Å². The molecule has 1 saturated carbocycles. The molecule has 1 aliphatic carbocycles. The first kappa shape index (κ1) is 18.5. The maximum Gasteiger partial charge on any atom is 0.220 e. The fourth-order valence-electron chi connectivity index (χ4n) is 4.79. The molecule has 2 aliphatic rings. The largest absolute Gasteiger partial charge is 0.379 e. The molecule has 1 amide bonds. The zero-order valence-electron chi connectivity index (χ0n) is 16.1. The maximum absolute atomic E-state index is 12.6. The molecule has 2 heterocycles. The number of nitrogens with one attached hydrogen (secondary N) is 2. The minimum atomic E-state index is 0.137. The molecular weight excluding hydrogens is 338 g/mol. The molecule has 1 aromatic heterocycles. The summed E-state index contributed by atoms with van der Waals surface area (Å²) in [6.07, 6.45) is 9.59. The molecule has 2 aromatic rings. The van der Waals surface area contributed by atoms with Crippen LogP contribution < -0.4 is 5.32 Å². The van der Waals surface area contributed by atoms with Crippen LogP contribution in [0.1, 0.15) is 44.1 Å². The van der Waals surface area contributed by atoms with Crippen molar-refractivity contribution in [3.05, 3.63) is 36.0 Å². The summed E-state index contributed by atoms with van der Waals surface area (Å²) in [6, 6.07) is 8.28. The summed E-state index contributed by atoms with van der Waals surface area (Å²) in [4.78, 5) is 18.5. The lowest BCUT2D eigenvalue weighted by molar-refractivity contribution is -0.122. The van der Waals surface area contributed by atoms with Crippen molar-refractivity contribution >= 4 is 16.8 Å². The van der Waals surface area contributed by atoms with Gasteiger partial charge in [-0.2, -0.15) is 0 Å². The van der Waals surface area contributed by atoms with Gasteiger partial charge in [0, 0.05) is 48.7 Å². The molecule has 2 N–H and O–H groups in total. The number of carbonyl (C=O) groups excluding carboxylic acids is 1. The smallest absolute Gasteiger partial charge is 0.220 e. The van der Waals surface area contributed by atoms with Crippen molar-refractivity contribution in [3.8, 4) is 0 Å². The molecule has 1 aromatic carbocycles. The van der Waals surface area contributed by atoms with Gasteiger partial charge in [0.25, 0.3) is 0 Å². The molecule has 146 valence electrons. The van der Waals surface area contributed by atoms with E-state index in [0.717, 1.165) is 44.8 Å². The number of hydrogen-bond acceptors (Lipinski definition) is 3. The molecule has 5 nitrogen and oxygen atoms in total. The summed E-state index contributed by atoms with van der Waals surface area (Å²) >= 11 is 0. The summed E-state index contributed by atoms with van der Waals surface area (Å²) in [5.74, 6) is 0.165. The quantitative estimate of drug-likeness (QED) is 0.822. The number of rotatable bonds is 6. The second-order valence-corrected chi connectivity index (χ2v) is 8.02. The molecule has 2 fully saturated rings. The minimum Gasteiger partial charge on any atom is -0.379 e. The predicted octanol–water partition coefficient (Wildman–Crippen LogP) is 3.25. The van der Waals surface area contributed by atoms with Crippen molar-refractivity contribution in [2.75, 3.05) is 32.8 Å². The Morgan fingerprint density at radius 2 is 1.93 bits per heavy atom. The summed E-state index contributed by atoms with van der Waals surface area (Å²) < 4.78 is 5.54. The van der Waals surface area contributed by atoms with Gasteiger partial charge < -0.3 is 15.0 Å². The fraction of sp³-hybridized carbons (Fsp3) is 0.591. The normalized spacial score (nSPS) is 20.6. The summed E-state index contributed by atoms with van der Waals surface area (Å²) in [6.45, 7) is 4.39. The van der Waals surface area contributed by atoms with Crippen LogP contribution in [-0.4, -0.2) is 54.2 Å². The van der Waals surface area contributed by atoms with Crippen LogP contribution in [0.2, 0.25) is 0 Å². The van der Waals surface area contributed by atoms with Crippen molar-refractivity contribution in [2.24, 2.45) is 0 Å². The van der Waals surface area contributed by atoms with Crippen molar-refractivity contribution in [2.45, 2.75) is 50.5 Å². The van der Waals surface area contributed by atoms with E-state index < -0.39 is 0 Å². The number of hydrogen-bond donors (Lipinski definition) is 2. The number of aryl methyl sites for hydroxylation is 1. The van der Waals surface area contributed by atoms with E-state index >= 15 is 0 Å². The Bertz CT molecular complexity index is 758. The standard InChI is InChI=1S/C22H31N3O2/c26-21(9-8-18-16-23-20-7-3-2-6-19(18)20)24-17-22(10-4-1-5-11-22)25-12-14-27-15-13-25/h2-3,6-7,16,23H,1,4-5,8-15,17H2,(H,24,26). The second kappa shape index (κ2) is 8.44. The third-order valence-corrected chi connectivity index (χ3v) is 6.38. The SMILES string of the molecule is O=C(CCc1c[nH]c2ccccc12)NCC1(N2CCOCC2)CCCCC1. The summed E-state index contributed by atoms with van der Waals surface area (Å²) in [5.41, 5.74) is 2.50. The van der Waals surface area contributed by atoms with Crippen LogP contribution in [0, 0.1) is 0 Å². The Hall–Kier alpha value is -1.85. The van der Waals surface area contributed by atoms with Crippen LogP contribution in [0.5, 0.6) is 0 Å². The first-order chi connectivity index (χ1) is 13.3. The van der Waals surface area contributed by atoms with E-state index in [1.54, 1.807) is 0 Å². The highest BCUT2D eigenvalue weighted by Crippen LogP contribution is 2.34. The average Bonchev–Trinajstić information content (AvgIpc) is 3.15.